The second kappa shape index (κ2) is 11.3. The first-order chi connectivity index (χ1) is 11.6. The van der Waals surface area contributed by atoms with Crippen molar-refractivity contribution in [3.63, 3.8) is 0 Å². The molecule has 0 aliphatic carbocycles. The van der Waals surface area contributed by atoms with Crippen molar-refractivity contribution in [1.29, 1.82) is 0 Å². The fourth-order valence-corrected chi connectivity index (χ4v) is 2.80. The van der Waals surface area contributed by atoms with Gasteiger partial charge in [-0.15, -0.1) is 24.0 Å². The van der Waals surface area contributed by atoms with Crippen LogP contribution in [-0.4, -0.2) is 68.0 Å². The van der Waals surface area contributed by atoms with Gasteiger partial charge in [-0.2, -0.15) is 0 Å². The van der Waals surface area contributed by atoms with Gasteiger partial charge >= 0.3 is 0 Å². The van der Waals surface area contributed by atoms with Crippen LogP contribution < -0.4 is 10.6 Å². The van der Waals surface area contributed by atoms with Crippen LogP contribution in [0.25, 0.3) is 0 Å². The third kappa shape index (κ3) is 7.23. The highest BCUT2D eigenvalue weighted by atomic mass is 127. The molecule has 1 atom stereocenters. The van der Waals surface area contributed by atoms with E-state index in [1.54, 1.807) is 25.3 Å². The first-order valence-electron chi connectivity index (χ1n) is 8.59. The Morgan fingerprint density at radius 2 is 2.24 bits per heavy atom. The van der Waals surface area contributed by atoms with E-state index in [1.807, 2.05) is 12.1 Å². The van der Waals surface area contributed by atoms with Crippen LogP contribution in [-0.2, 0) is 11.3 Å². The van der Waals surface area contributed by atoms with E-state index < -0.39 is 0 Å². The second-order valence-corrected chi connectivity index (χ2v) is 6.19. The second-order valence-electron chi connectivity index (χ2n) is 6.19. The maximum atomic E-state index is 11.8. The molecule has 0 aromatic carbocycles. The summed E-state index contributed by atoms with van der Waals surface area (Å²) in [7, 11) is 3.47. The van der Waals surface area contributed by atoms with Crippen molar-refractivity contribution in [2.45, 2.75) is 32.4 Å². The zero-order chi connectivity index (χ0) is 17.4. The predicted octanol–water partition coefficient (Wildman–Crippen LogP) is 1.51. The number of furan rings is 1. The van der Waals surface area contributed by atoms with Gasteiger partial charge in [0.05, 0.1) is 12.8 Å². The number of nitrogens with zero attached hydrogens (tertiary/aromatic N) is 3. The molecule has 2 rings (SSSR count). The zero-order valence-electron chi connectivity index (χ0n) is 15.3. The van der Waals surface area contributed by atoms with E-state index in [0.717, 1.165) is 25.4 Å². The van der Waals surface area contributed by atoms with E-state index in [4.69, 9.17) is 4.42 Å². The Hall–Kier alpha value is -1.29. The summed E-state index contributed by atoms with van der Waals surface area (Å²) in [5, 5.41) is 6.60. The minimum absolute atomic E-state index is 0. The summed E-state index contributed by atoms with van der Waals surface area (Å²) in [6.45, 7) is 5.91. The zero-order valence-corrected chi connectivity index (χ0v) is 17.7. The van der Waals surface area contributed by atoms with Gasteiger partial charge in [0.1, 0.15) is 12.3 Å². The smallest absolute Gasteiger partial charge is 0.243 e. The summed E-state index contributed by atoms with van der Waals surface area (Å²) in [4.78, 5) is 20.2. The molecule has 8 heteroatoms. The van der Waals surface area contributed by atoms with E-state index in [-0.39, 0.29) is 36.4 Å². The monoisotopic (exact) mass is 463 g/mol. The van der Waals surface area contributed by atoms with Crippen LogP contribution in [0.2, 0.25) is 0 Å². The average molecular weight is 463 g/mol. The highest BCUT2D eigenvalue weighted by Crippen LogP contribution is 2.15. The van der Waals surface area contributed by atoms with E-state index in [9.17, 15) is 4.79 Å². The van der Waals surface area contributed by atoms with Crippen LogP contribution in [0, 0.1) is 0 Å². The number of hydrogen-bond acceptors (Lipinski definition) is 4. The number of nitrogens with one attached hydrogen (secondary N) is 2. The Kier molecular flexibility index (Phi) is 9.88. The number of carbonyl (C=O) groups excluding carboxylic acids is 1. The molecule has 0 saturated carbocycles. The van der Waals surface area contributed by atoms with Gasteiger partial charge in [0.2, 0.25) is 5.91 Å². The van der Waals surface area contributed by atoms with Gasteiger partial charge in [-0.3, -0.25) is 9.69 Å². The molecule has 142 valence electrons. The molecule has 0 bridgehead atoms. The number of carbonyl (C=O) groups is 1. The first kappa shape index (κ1) is 21.8. The Bertz CT molecular complexity index is 533. The summed E-state index contributed by atoms with van der Waals surface area (Å²) in [5.74, 6) is 1.45. The predicted molar refractivity (Wildman–Crippen MR) is 110 cm³/mol. The van der Waals surface area contributed by atoms with Crippen LogP contribution in [0.4, 0.5) is 0 Å². The number of amides is 1. The Morgan fingerprint density at radius 1 is 1.44 bits per heavy atom. The van der Waals surface area contributed by atoms with E-state index >= 15 is 0 Å². The lowest BCUT2D eigenvalue weighted by atomic mass is 10.2. The molecule has 1 aliphatic rings. The maximum absolute atomic E-state index is 11.8. The Labute approximate surface area is 167 Å². The number of likely N-dealkylation sites (N-methyl/N-ethyl adjacent to an activating group) is 2. The number of hydrogen-bond donors (Lipinski definition) is 2. The van der Waals surface area contributed by atoms with Crippen molar-refractivity contribution in [2.24, 2.45) is 4.99 Å². The lowest BCUT2D eigenvalue weighted by molar-refractivity contribution is -0.127. The summed E-state index contributed by atoms with van der Waals surface area (Å²) in [6.07, 6.45) is 4.09. The van der Waals surface area contributed by atoms with Crippen molar-refractivity contribution in [3.05, 3.63) is 24.2 Å². The molecular formula is C17H30IN5O2. The molecule has 1 unspecified atom stereocenters. The number of likely N-dealkylation sites (tertiary alicyclic amines) is 1. The number of halogens is 1. The van der Waals surface area contributed by atoms with Crippen molar-refractivity contribution in [2.75, 3.05) is 40.3 Å². The highest BCUT2D eigenvalue weighted by molar-refractivity contribution is 14.0. The quantitative estimate of drug-likeness (QED) is 0.365. The number of aliphatic imine (C=N–C) groups is 1. The standard InChI is InChI=1S/C17H29N5O2.HI/c1-4-22-9-5-7-14(22)11-18-17(20-13-16(23)21(2)3)19-12-15-8-6-10-24-15;/h6,8,10,14H,4-5,7,9,11-13H2,1-3H3,(H2,18,19,20);1H. The van der Waals surface area contributed by atoms with E-state index in [2.05, 4.69) is 27.4 Å². The molecule has 1 fully saturated rings. The number of rotatable bonds is 7. The summed E-state index contributed by atoms with van der Waals surface area (Å²) in [6, 6.07) is 4.29. The van der Waals surface area contributed by atoms with Crippen molar-refractivity contribution < 1.29 is 9.21 Å². The molecule has 1 amide bonds. The molecule has 0 radical (unpaired) electrons. The molecule has 0 spiro atoms. The van der Waals surface area contributed by atoms with E-state index in [0.29, 0.717) is 18.5 Å². The third-order valence-corrected chi connectivity index (χ3v) is 4.29. The van der Waals surface area contributed by atoms with Crippen molar-refractivity contribution in [1.82, 2.24) is 20.4 Å². The first-order valence-corrected chi connectivity index (χ1v) is 8.59. The molecule has 1 aliphatic heterocycles. The minimum atomic E-state index is -0.0230. The molecule has 2 heterocycles. The number of guanidine groups is 1. The maximum Gasteiger partial charge on any atom is 0.243 e. The Balaban J connectivity index is 0.00000312. The molecule has 7 nitrogen and oxygen atoms in total. The largest absolute Gasteiger partial charge is 0.467 e. The van der Waals surface area contributed by atoms with Crippen LogP contribution in [0.5, 0.6) is 0 Å². The van der Waals surface area contributed by atoms with Gasteiger partial charge in [0.25, 0.3) is 0 Å². The fourth-order valence-electron chi connectivity index (χ4n) is 2.80. The molecule has 25 heavy (non-hydrogen) atoms. The van der Waals surface area contributed by atoms with Gasteiger partial charge in [0, 0.05) is 26.7 Å². The van der Waals surface area contributed by atoms with Crippen molar-refractivity contribution in [3.8, 4) is 0 Å². The lowest BCUT2D eigenvalue weighted by Gasteiger charge is -2.24. The third-order valence-electron chi connectivity index (χ3n) is 4.29. The highest BCUT2D eigenvalue weighted by Gasteiger charge is 2.22. The topological polar surface area (TPSA) is 73.1 Å². The SMILES string of the molecule is CCN1CCCC1CNC(=NCC(=O)N(C)C)NCc1ccco1.I. The van der Waals surface area contributed by atoms with Crippen LogP contribution in [0.15, 0.2) is 27.8 Å². The average Bonchev–Trinajstić information content (AvgIpc) is 3.24. The van der Waals surface area contributed by atoms with Crippen molar-refractivity contribution >= 4 is 35.8 Å². The van der Waals surface area contributed by atoms with Crippen LogP contribution in [0.1, 0.15) is 25.5 Å². The molecular weight excluding hydrogens is 433 g/mol. The fraction of sp³-hybridized carbons (Fsp3) is 0.647. The van der Waals surface area contributed by atoms with Gasteiger partial charge in [-0.25, -0.2) is 4.99 Å². The van der Waals surface area contributed by atoms with Gasteiger partial charge < -0.3 is 20.0 Å². The van der Waals surface area contributed by atoms with Crippen LogP contribution in [0.3, 0.4) is 0 Å². The van der Waals surface area contributed by atoms with Gasteiger partial charge in [-0.05, 0) is 38.1 Å². The lowest BCUT2D eigenvalue weighted by Crippen LogP contribution is -2.45. The summed E-state index contributed by atoms with van der Waals surface area (Å²) >= 11 is 0. The molecule has 1 aromatic heterocycles. The van der Waals surface area contributed by atoms with Gasteiger partial charge in [0.15, 0.2) is 5.96 Å². The summed E-state index contributed by atoms with van der Waals surface area (Å²) in [5.41, 5.74) is 0. The Morgan fingerprint density at radius 3 is 2.88 bits per heavy atom. The molecule has 1 saturated heterocycles. The van der Waals surface area contributed by atoms with E-state index in [1.165, 1.54) is 12.8 Å². The van der Waals surface area contributed by atoms with Gasteiger partial charge in [-0.1, -0.05) is 6.92 Å². The van der Waals surface area contributed by atoms with Crippen LogP contribution >= 0.6 is 24.0 Å². The minimum Gasteiger partial charge on any atom is -0.467 e. The molecule has 1 aromatic rings. The molecule has 2 N–H and O–H groups in total. The summed E-state index contributed by atoms with van der Waals surface area (Å²) < 4.78 is 5.33. The normalized spacial score (nSPS) is 17.9.